The van der Waals surface area contributed by atoms with Crippen molar-refractivity contribution in [3.63, 3.8) is 0 Å². The fourth-order valence-electron chi connectivity index (χ4n) is 14.5. The normalized spacial score (nSPS) is 13.2. The third-order valence-electron chi connectivity index (χ3n) is 18.1. The summed E-state index contributed by atoms with van der Waals surface area (Å²) in [7, 11) is 0. The zero-order valence-corrected chi connectivity index (χ0v) is 49.4. The quantitative estimate of drug-likeness (QED) is 0.107. The highest BCUT2D eigenvalue weighted by atomic mass is 15.2. The summed E-state index contributed by atoms with van der Waals surface area (Å²) < 4.78 is 0. The fourth-order valence-corrected chi connectivity index (χ4v) is 14.5. The predicted molar refractivity (Wildman–Crippen MR) is 371 cm³/mol. The Morgan fingerprint density at radius 1 is 0.227 bits per heavy atom. The minimum Gasteiger partial charge on any atom is -0.310 e. The van der Waals surface area contributed by atoms with Crippen molar-refractivity contribution in [2.45, 2.75) is 24.7 Å². The van der Waals surface area contributed by atoms with Crippen LogP contribution in [-0.2, 0) is 10.8 Å². The Morgan fingerprint density at radius 2 is 0.523 bits per heavy atom. The van der Waals surface area contributed by atoms with Gasteiger partial charge in [0.2, 0.25) is 0 Å². The Balaban J connectivity index is 0.973. The van der Waals surface area contributed by atoms with E-state index >= 15 is 0 Å². The Labute approximate surface area is 517 Å². The number of allylic oxidation sites excluding steroid dienone is 2. The third kappa shape index (κ3) is 9.04. The number of hydrogen-bond donors (Lipinski definition) is 0. The molecule has 0 spiro atoms. The summed E-state index contributed by atoms with van der Waals surface area (Å²) in [6, 6.07) is 122. The molecule has 0 bridgehead atoms. The number of nitrogens with zero attached hydrogens (tertiary/aromatic N) is 2. The molecule has 88 heavy (non-hydrogen) atoms. The molecule has 0 atom stereocenters. The van der Waals surface area contributed by atoms with Crippen molar-refractivity contribution in [3.05, 3.63) is 395 Å². The number of hydrogen-bond acceptors (Lipinski definition) is 2. The maximum atomic E-state index is 2.48. The van der Waals surface area contributed by atoms with Gasteiger partial charge in [0.15, 0.2) is 0 Å². The van der Waals surface area contributed by atoms with Crippen LogP contribution in [0.5, 0.6) is 0 Å². The minimum absolute atomic E-state index is 0.594. The maximum Gasteiger partial charge on any atom is 0.0714 e. The van der Waals surface area contributed by atoms with Gasteiger partial charge >= 0.3 is 0 Å². The summed E-state index contributed by atoms with van der Waals surface area (Å²) in [5.41, 5.74) is 26.9. The highest BCUT2D eigenvalue weighted by Gasteiger charge is 2.48. The van der Waals surface area contributed by atoms with Crippen molar-refractivity contribution in [2.24, 2.45) is 0 Å². The van der Waals surface area contributed by atoms with E-state index in [1.165, 1.54) is 77.9 Å². The Bertz CT molecular complexity index is 4390. The smallest absolute Gasteiger partial charge is 0.0714 e. The Hall–Kier alpha value is -11.1. The summed E-state index contributed by atoms with van der Waals surface area (Å²) >= 11 is 0. The predicted octanol–water partition coefficient (Wildman–Crippen LogP) is 22.8. The molecular weight excluding hydrogens is 1060 g/mol. The van der Waals surface area contributed by atoms with Crippen LogP contribution < -0.4 is 9.80 Å². The number of fused-ring (bicyclic) bond motifs is 6. The molecule has 15 rings (SSSR count). The van der Waals surface area contributed by atoms with Gasteiger partial charge in [0.05, 0.1) is 10.8 Å². The minimum atomic E-state index is -0.594. The number of rotatable bonds is 14. The van der Waals surface area contributed by atoms with Gasteiger partial charge in [-0.15, -0.1) is 0 Å². The molecule has 0 N–H and O–H groups in total. The van der Waals surface area contributed by atoms with Gasteiger partial charge in [-0.1, -0.05) is 273 Å². The Kier molecular flexibility index (Phi) is 13.9. The molecule has 0 aliphatic heterocycles. The zero-order chi connectivity index (χ0) is 59.0. The van der Waals surface area contributed by atoms with Crippen LogP contribution in [0.15, 0.2) is 340 Å². The molecule has 13 aromatic rings. The van der Waals surface area contributed by atoms with Crippen molar-refractivity contribution in [2.75, 3.05) is 9.80 Å². The van der Waals surface area contributed by atoms with E-state index in [1.807, 2.05) is 0 Å². The van der Waals surface area contributed by atoms with Gasteiger partial charge in [0, 0.05) is 34.1 Å². The molecule has 2 heteroatoms. The molecule has 2 aliphatic carbocycles. The molecule has 0 heterocycles. The van der Waals surface area contributed by atoms with E-state index in [4.69, 9.17) is 0 Å². The summed E-state index contributed by atoms with van der Waals surface area (Å²) in [5, 5.41) is 0. The van der Waals surface area contributed by atoms with Crippen molar-refractivity contribution in [1.29, 1.82) is 0 Å². The average Bonchev–Trinajstić information content (AvgIpc) is 1.74. The van der Waals surface area contributed by atoms with Gasteiger partial charge < -0.3 is 9.80 Å². The van der Waals surface area contributed by atoms with Crippen LogP contribution >= 0.6 is 0 Å². The monoisotopic (exact) mass is 1120 g/mol. The van der Waals surface area contributed by atoms with Gasteiger partial charge in [-0.25, -0.2) is 0 Å². The largest absolute Gasteiger partial charge is 0.310 e. The molecule has 0 radical (unpaired) electrons. The first kappa shape index (κ1) is 53.7. The van der Waals surface area contributed by atoms with Crippen LogP contribution in [0.3, 0.4) is 0 Å². The zero-order valence-electron chi connectivity index (χ0n) is 49.4. The molecule has 0 saturated heterocycles. The molecular formula is C86H64N2. The van der Waals surface area contributed by atoms with Gasteiger partial charge in [-0.3, -0.25) is 0 Å². The molecule has 2 aliphatic rings. The van der Waals surface area contributed by atoms with Crippen LogP contribution in [0.25, 0.3) is 56.7 Å². The number of anilines is 6. The van der Waals surface area contributed by atoms with E-state index in [0.29, 0.717) is 0 Å². The second kappa shape index (κ2) is 22.7. The first-order valence-corrected chi connectivity index (χ1v) is 30.6. The lowest BCUT2D eigenvalue weighted by Gasteiger charge is -2.35. The van der Waals surface area contributed by atoms with E-state index < -0.39 is 10.8 Å². The molecule has 0 unspecified atom stereocenters. The van der Waals surface area contributed by atoms with Gasteiger partial charge in [-0.05, 0) is 193 Å². The lowest BCUT2D eigenvalue weighted by Crippen LogP contribution is -2.28. The molecule has 2 nitrogen and oxygen atoms in total. The summed E-state index contributed by atoms with van der Waals surface area (Å²) in [6.45, 7) is 4.15. The van der Waals surface area contributed by atoms with Crippen LogP contribution in [-0.4, -0.2) is 0 Å². The lowest BCUT2D eigenvalue weighted by molar-refractivity contribution is 0.768. The van der Waals surface area contributed by atoms with E-state index in [1.54, 1.807) is 0 Å². The van der Waals surface area contributed by atoms with E-state index in [0.717, 1.165) is 56.4 Å². The molecule has 418 valence electrons. The fraction of sp³-hybridized carbons (Fsp3) is 0.0465. The molecule has 0 amide bonds. The average molecular weight is 1130 g/mol. The topological polar surface area (TPSA) is 6.48 Å². The van der Waals surface area contributed by atoms with E-state index in [9.17, 15) is 0 Å². The second-order valence-electron chi connectivity index (χ2n) is 23.1. The van der Waals surface area contributed by atoms with Crippen molar-refractivity contribution < 1.29 is 0 Å². The maximum absolute atomic E-state index is 2.48. The third-order valence-corrected chi connectivity index (χ3v) is 18.1. The second-order valence-corrected chi connectivity index (χ2v) is 23.1. The highest BCUT2D eigenvalue weighted by molar-refractivity contribution is 5.93. The molecule has 0 aromatic heterocycles. The van der Waals surface area contributed by atoms with Crippen LogP contribution in [0.4, 0.5) is 34.1 Å². The van der Waals surface area contributed by atoms with E-state index in [2.05, 4.69) is 376 Å². The van der Waals surface area contributed by atoms with Crippen LogP contribution in [0, 0.1) is 0 Å². The van der Waals surface area contributed by atoms with Crippen LogP contribution in [0.1, 0.15) is 69.5 Å². The lowest BCUT2D eigenvalue weighted by atomic mass is 9.67. The van der Waals surface area contributed by atoms with Gasteiger partial charge in [0.1, 0.15) is 0 Å². The molecule has 0 saturated carbocycles. The van der Waals surface area contributed by atoms with Crippen molar-refractivity contribution >= 4 is 46.3 Å². The number of benzene rings is 13. The SMILES string of the molecule is C/C=C/c1cccc(-c2cccc(N(c3cccc(N(c4cccc(-c5cccc(/C=C/C)c5)c4)c4ccc5c(c4)C(c4ccccc4)(c4ccccc4)c4ccccc4-5)c3)c3ccc4c(c3)C(c3ccccc3)(c3ccccc3)c3ccccc3-4)c2)c1. The van der Waals surface area contributed by atoms with Crippen molar-refractivity contribution in [3.8, 4) is 44.5 Å². The Morgan fingerprint density at radius 3 is 0.898 bits per heavy atom. The summed E-state index contributed by atoms with van der Waals surface area (Å²) in [6.07, 6.45) is 8.55. The van der Waals surface area contributed by atoms with Gasteiger partial charge in [0.25, 0.3) is 0 Å². The highest BCUT2D eigenvalue weighted by Crippen LogP contribution is 2.59. The first-order chi connectivity index (χ1) is 43.5. The first-order valence-electron chi connectivity index (χ1n) is 30.6. The molecule has 0 fully saturated rings. The summed E-state index contributed by atoms with van der Waals surface area (Å²) in [4.78, 5) is 4.95. The standard InChI is InChI=1S/C86H64N2/c1-3-26-61-28-21-30-63(54-61)65-32-23-42-71(56-65)87(75-50-52-79-77-46-17-19-48-81(77)85(83(79)59-75,67-34-9-5-10-35-67)68-36-11-6-12-37-68)73-44-25-45-74(58-73)88(72-43-24-33-66(57-72)64-31-22-29-62(55-64)27-4-2)76-51-53-80-78-47-18-20-49-82(78)86(84(80)60-76,69-38-13-7-14-39-69)70-40-15-8-16-41-70/h3-60H,1-2H3/b26-3+,27-4+. The van der Waals surface area contributed by atoms with Gasteiger partial charge in [-0.2, -0.15) is 0 Å². The van der Waals surface area contributed by atoms with E-state index in [-0.39, 0.29) is 0 Å². The molecule has 13 aromatic carbocycles. The summed E-state index contributed by atoms with van der Waals surface area (Å²) in [5.74, 6) is 0. The van der Waals surface area contributed by atoms with Crippen LogP contribution in [0.2, 0.25) is 0 Å². The van der Waals surface area contributed by atoms with Crippen molar-refractivity contribution in [1.82, 2.24) is 0 Å².